The van der Waals surface area contributed by atoms with Gasteiger partial charge in [0.2, 0.25) is 0 Å². The van der Waals surface area contributed by atoms with Crippen LogP contribution in [0.4, 0.5) is 0 Å². The lowest BCUT2D eigenvalue weighted by molar-refractivity contribution is 0.177. The molecule has 1 aromatic rings. The lowest BCUT2D eigenvalue weighted by atomic mass is 9.71. The Balaban J connectivity index is 1.97. The Morgan fingerprint density at radius 1 is 1.32 bits per heavy atom. The quantitative estimate of drug-likeness (QED) is 0.858. The van der Waals surface area contributed by atoms with Crippen molar-refractivity contribution in [3.8, 4) is 0 Å². The first-order valence-electron chi connectivity index (χ1n) is 7.66. The molecule has 1 aliphatic carbocycles. The average Bonchev–Trinajstić information content (AvgIpc) is 2.75. The molecule has 4 heteroatoms. The van der Waals surface area contributed by atoms with Crippen LogP contribution in [-0.2, 0) is 13.5 Å². The van der Waals surface area contributed by atoms with E-state index in [0.29, 0.717) is 5.41 Å². The van der Waals surface area contributed by atoms with Gasteiger partial charge >= 0.3 is 0 Å². The normalized spacial score (nSPS) is 18.9. The van der Waals surface area contributed by atoms with Crippen molar-refractivity contribution in [2.75, 3.05) is 13.1 Å². The smallest absolute Gasteiger partial charge is 0.0833 e. The molecule has 0 spiro atoms. The monoisotopic (exact) mass is 264 g/mol. The van der Waals surface area contributed by atoms with Crippen LogP contribution in [0.25, 0.3) is 0 Å². The van der Waals surface area contributed by atoms with E-state index in [1.54, 1.807) is 0 Å². The highest BCUT2D eigenvalue weighted by Gasteiger charge is 2.32. The van der Waals surface area contributed by atoms with Gasteiger partial charge in [0.05, 0.1) is 5.69 Å². The minimum atomic E-state index is 0.406. The van der Waals surface area contributed by atoms with Gasteiger partial charge in [0, 0.05) is 19.8 Å². The highest BCUT2D eigenvalue weighted by atomic mass is 15.4. The molecule has 0 unspecified atom stereocenters. The molecular weight excluding hydrogens is 236 g/mol. The Kier molecular flexibility index (Phi) is 4.97. The molecule has 0 atom stereocenters. The minimum Gasteiger partial charge on any atom is -0.316 e. The summed E-state index contributed by atoms with van der Waals surface area (Å²) in [5, 5.41) is 12.0. The van der Waals surface area contributed by atoms with Crippen LogP contribution < -0.4 is 5.32 Å². The summed E-state index contributed by atoms with van der Waals surface area (Å²) >= 11 is 0. The van der Waals surface area contributed by atoms with Gasteiger partial charge in [-0.25, -0.2) is 0 Å². The maximum Gasteiger partial charge on any atom is 0.0833 e. The largest absolute Gasteiger partial charge is 0.316 e. The maximum atomic E-state index is 4.28. The van der Waals surface area contributed by atoms with Gasteiger partial charge in [0.25, 0.3) is 0 Å². The van der Waals surface area contributed by atoms with Gasteiger partial charge < -0.3 is 5.32 Å². The average molecular weight is 264 g/mol. The molecule has 0 saturated heterocycles. The summed E-state index contributed by atoms with van der Waals surface area (Å²) in [4.78, 5) is 0. The molecule has 1 saturated carbocycles. The molecule has 0 aliphatic heterocycles. The Bertz CT molecular complexity index is 377. The van der Waals surface area contributed by atoms with Crippen molar-refractivity contribution in [3.63, 3.8) is 0 Å². The Morgan fingerprint density at radius 3 is 2.63 bits per heavy atom. The molecule has 1 fully saturated rings. The van der Waals surface area contributed by atoms with Crippen LogP contribution in [-0.4, -0.2) is 28.1 Å². The van der Waals surface area contributed by atoms with Crippen molar-refractivity contribution in [1.29, 1.82) is 0 Å². The third kappa shape index (κ3) is 4.30. The zero-order chi connectivity index (χ0) is 13.7. The number of hydrogen-bond acceptors (Lipinski definition) is 3. The zero-order valence-corrected chi connectivity index (χ0v) is 12.7. The molecule has 4 nitrogen and oxygen atoms in total. The molecule has 108 valence electrons. The van der Waals surface area contributed by atoms with Crippen LogP contribution in [0.2, 0.25) is 0 Å². The van der Waals surface area contributed by atoms with E-state index in [0.717, 1.165) is 31.1 Å². The first-order chi connectivity index (χ1) is 9.10. The zero-order valence-electron chi connectivity index (χ0n) is 12.7. The predicted molar refractivity (Wildman–Crippen MR) is 77.9 cm³/mol. The van der Waals surface area contributed by atoms with Gasteiger partial charge in [0.15, 0.2) is 0 Å². The highest BCUT2D eigenvalue weighted by Crippen LogP contribution is 2.38. The van der Waals surface area contributed by atoms with E-state index in [4.69, 9.17) is 0 Å². The standard InChI is InChI=1S/C15H28N4/c1-13(2)10-16-12-15(7-5-4-6-8-15)9-14-11-19(3)18-17-14/h11,13,16H,4-10,12H2,1-3H3. The van der Waals surface area contributed by atoms with E-state index < -0.39 is 0 Å². The molecule has 0 radical (unpaired) electrons. The molecule has 2 rings (SSSR count). The summed E-state index contributed by atoms with van der Waals surface area (Å²) in [5.74, 6) is 0.720. The van der Waals surface area contributed by atoms with E-state index in [9.17, 15) is 0 Å². The van der Waals surface area contributed by atoms with Crippen LogP contribution in [0.5, 0.6) is 0 Å². The van der Waals surface area contributed by atoms with E-state index >= 15 is 0 Å². The molecule has 19 heavy (non-hydrogen) atoms. The SMILES string of the molecule is CC(C)CNCC1(Cc2cn(C)nn2)CCCCC1. The van der Waals surface area contributed by atoms with Crippen LogP contribution in [0.1, 0.15) is 51.6 Å². The Morgan fingerprint density at radius 2 is 2.05 bits per heavy atom. The Labute approximate surface area is 117 Å². The van der Waals surface area contributed by atoms with Crippen LogP contribution >= 0.6 is 0 Å². The number of hydrogen-bond donors (Lipinski definition) is 1. The summed E-state index contributed by atoms with van der Waals surface area (Å²) in [5.41, 5.74) is 1.55. The molecule has 1 aliphatic rings. The van der Waals surface area contributed by atoms with Crippen LogP contribution in [0.15, 0.2) is 6.20 Å². The van der Waals surface area contributed by atoms with Crippen molar-refractivity contribution in [2.45, 2.75) is 52.4 Å². The third-order valence-electron chi connectivity index (χ3n) is 4.17. The second-order valence-electron chi connectivity index (χ2n) is 6.65. The molecule has 0 aromatic carbocycles. The van der Waals surface area contributed by atoms with Gasteiger partial charge in [-0.1, -0.05) is 38.3 Å². The Hall–Kier alpha value is -0.900. The lowest BCUT2D eigenvalue weighted by Crippen LogP contribution is -2.39. The van der Waals surface area contributed by atoms with Gasteiger partial charge in [-0.3, -0.25) is 4.68 Å². The van der Waals surface area contributed by atoms with Crippen molar-refractivity contribution < 1.29 is 0 Å². The number of nitrogens with one attached hydrogen (secondary N) is 1. The van der Waals surface area contributed by atoms with Crippen LogP contribution in [0, 0.1) is 11.3 Å². The topological polar surface area (TPSA) is 42.7 Å². The fraction of sp³-hybridized carbons (Fsp3) is 0.867. The third-order valence-corrected chi connectivity index (χ3v) is 4.17. The minimum absolute atomic E-state index is 0.406. The van der Waals surface area contributed by atoms with E-state index in [-0.39, 0.29) is 0 Å². The molecule has 1 N–H and O–H groups in total. The van der Waals surface area contributed by atoms with Crippen molar-refractivity contribution in [2.24, 2.45) is 18.4 Å². The molecule has 1 heterocycles. The van der Waals surface area contributed by atoms with Crippen molar-refractivity contribution in [3.05, 3.63) is 11.9 Å². The summed E-state index contributed by atoms with van der Waals surface area (Å²) < 4.78 is 1.81. The molecule has 0 bridgehead atoms. The number of aromatic nitrogens is 3. The number of nitrogens with zero attached hydrogens (tertiary/aromatic N) is 3. The van der Waals surface area contributed by atoms with Gasteiger partial charge in [-0.05, 0) is 37.1 Å². The summed E-state index contributed by atoms with van der Waals surface area (Å²) in [6.07, 6.45) is 9.92. The molecular formula is C15H28N4. The van der Waals surface area contributed by atoms with E-state index in [1.165, 1.54) is 32.1 Å². The molecule has 1 aromatic heterocycles. The van der Waals surface area contributed by atoms with E-state index in [2.05, 4.69) is 35.7 Å². The second kappa shape index (κ2) is 6.51. The number of aryl methyl sites for hydroxylation is 1. The van der Waals surface area contributed by atoms with E-state index in [1.807, 2.05) is 11.7 Å². The summed E-state index contributed by atoms with van der Waals surface area (Å²) in [6.45, 7) is 6.77. The van der Waals surface area contributed by atoms with Gasteiger partial charge in [-0.2, -0.15) is 0 Å². The van der Waals surface area contributed by atoms with Crippen LogP contribution in [0.3, 0.4) is 0 Å². The lowest BCUT2D eigenvalue weighted by Gasteiger charge is -2.37. The first kappa shape index (κ1) is 14.5. The maximum absolute atomic E-state index is 4.28. The van der Waals surface area contributed by atoms with Gasteiger partial charge in [0.1, 0.15) is 0 Å². The first-order valence-corrected chi connectivity index (χ1v) is 7.66. The highest BCUT2D eigenvalue weighted by molar-refractivity contribution is 5.00. The van der Waals surface area contributed by atoms with Crippen molar-refractivity contribution >= 4 is 0 Å². The fourth-order valence-corrected chi connectivity index (χ4v) is 3.20. The summed E-state index contributed by atoms with van der Waals surface area (Å²) in [7, 11) is 1.95. The fourth-order valence-electron chi connectivity index (χ4n) is 3.20. The van der Waals surface area contributed by atoms with Gasteiger partial charge in [-0.15, -0.1) is 5.10 Å². The number of rotatable bonds is 6. The molecule has 0 amide bonds. The second-order valence-corrected chi connectivity index (χ2v) is 6.65. The summed E-state index contributed by atoms with van der Waals surface area (Å²) in [6, 6.07) is 0. The van der Waals surface area contributed by atoms with Crippen molar-refractivity contribution in [1.82, 2.24) is 20.3 Å². The predicted octanol–water partition coefficient (Wildman–Crippen LogP) is 2.55.